The number of carbonyl (C=O) groups is 1. The molecule has 1 heterocycles. The molecule has 1 aliphatic heterocycles. The third kappa shape index (κ3) is 4.57. The molecule has 3 rings (SSSR count). The highest BCUT2D eigenvalue weighted by atomic mass is 19.1. The van der Waals surface area contributed by atoms with Gasteiger partial charge in [-0.15, -0.1) is 0 Å². The van der Waals surface area contributed by atoms with Gasteiger partial charge < -0.3 is 10.1 Å². The molecule has 1 aliphatic rings. The Balaban J connectivity index is 1.68. The summed E-state index contributed by atoms with van der Waals surface area (Å²) in [7, 11) is 1.30. The number of likely N-dealkylation sites (tertiary alicyclic amines) is 1. The lowest BCUT2D eigenvalue weighted by molar-refractivity contribution is 0.0601. The van der Waals surface area contributed by atoms with Crippen LogP contribution >= 0.6 is 0 Å². The molecule has 1 unspecified atom stereocenters. The van der Waals surface area contributed by atoms with Gasteiger partial charge in [0, 0.05) is 24.8 Å². The van der Waals surface area contributed by atoms with E-state index >= 15 is 0 Å². The summed E-state index contributed by atoms with van der Waals surface area (Å²) in [6.45, 7) is 2.85. The van der Waals surface area contributed by atoms with E-state index in [-0.39, 0.29) is 11.6 Å². The molecule has 2 aromatic rings. The van der Waals surface area contributed by atoms with Gasteiger partial charge in [-0.2, -0.15) is 0 Å². The fraction of sp³-hybridized carbons (Fsp3) is 0.350. The second kappa shape index (κ2) is 8.12. The van der Waals surface area contributed by atoms with Gasteiger partial charge >= 0.3 is 5.97 Å². The van der Waals surface area contributed by atoms with Crippen LogP contribution in [0.3, 0.4) is 0 Å². The minimum Gasteiger partial charge on any atom is -0.465 e. The number of esters is 1. The van der Waals surface area contributed by atoms with E-state index in [0.29, 0.717) is 5.69 Å². The van der Waals surface area contributed by atoms with Crippen LogP contribution in [0, 0.1) is 5.82 Å². The van der Waals surface area contributed by atoms with Gasteiger partial charge in [-0.1, -0.05) is 30.3 Å². The molecule has 5 heteroatoms. The summed E-state index contributed by atoms with van der Waals surface area (Å²) in [6.07, 6.45) is 2.10. The summed E-state index contributed by atoms with van der Waals surface area (Å²) in [5, 5.41) is 3.40. The molecular formula is C20H23FN2O2. The summed E-state index contributed by atoms with van der Waals surface area (Å²) in [5.74, 6) is -0.973. The smallest absolute Gasteiger partial charge is 0.340 e. The number of anilines is 1. The Bertz CT molecular complexity index is 721. The standard InChI is InChI=1S/C20H23FN2O2/c1-25-20(24)18-12-16(21)9-10-19(18)22-17-8-5-11-23(14-17)13-15-6-3-2-4-7-15/h2-4,6-7,9-10,12,17,22H,5,8,11,13-14H2,1H3. The molecular weight excluding hydrogens is 319 g/mol. The van der Waals surface area contributed by atoms with Crippen LogP contribution in [0.25, 0.3) is 0 Å². The summed E-state index contributed by atoms with van der Waals surface area (Å²) >= 11 is 0. The maximum absolute atomic E-state index is 13.5. The largest absolute Gasteiger partial charge is 0.465 e. The Morgan fingerprint density at radius 1 is 1.28 bits per heavy atom. The highest BCUT2D eigenvalue weighted by molar-refractivity contribution is 5.95. The van der Waals surface area contributed by atoms with Crippen LogP contribution in [0.1, 0.15) is 28.8 Å². The zero-order valence-corrected chi connectivity index (χ0v) is 14.4. The molecule has 25 heavy (non-hydrogen) atoms. The molecule has 132 valence electrons. The van der Waals surface area contributed by atoms with E-state index in [0.717, 1.165) is 32.5 Å². The highest BCUT2D eigenvalue weighted by Gasteiger charge is 2.22. The Kier molecular flexibility index (Phi) is 5.66. The molecule has 0 saturated carbocycles. The first-order chi connectivity index (χ1) is 12.2. The van der Waals surface area contributed by atoms with Gasteiger partial charge in [0.05, 0.1) is 12.7 Å². The van der Waals surface area contributed by atoms with Crippen molar-refractivity contribution in [1.82, 2.24) is 4.90 Å². The SMILES string of the molecule is COC(=O)c1cc(F)ccc1NC1CCCN(Cc2ccccc2)C1. The van der Waals surface area contributed by atoms with Crippen molar-refractivity contribution in [1.29, 1.82) is 0 Å². The first-order valence-electron chi connectivity index (χ1n) is 8.56. The summed E-state index contributed by atoms with van der Waals surface area (Å²) in [6, 6.07) is 14.8. The van der Waals surface area contributed by atoms with E-state index in [9.17, 15) is 9.18 Å². The van der Waals surface area contributed by atoms with Crippen molar-refractivity contribution in [3.8, 4) is 0 Å². The third-order valence-corrected chi connectivity index (χ3v) is 4.50. The molecule has 0 spiro atoms. The number of halogens is 1. The van der Waals surface area contributed by atoms with E-state index in [1.54, 1.807) is 6.07 Å². The zero-order valence-electron chi connectivity index (χ0n) is 14.4. The molecule has 4 nitrogen and oxygen atoms in total. The lowest BCUT2D eigenvalue weighted by Gasteiger charge is -2.34. The summed E-state index contributed by atoms with van der Waals surface area (Å²) < 4.78 is 18.2. The van der Waals surface area contributed by atoms with Crippen LogP contribution in [-0.4, -0.2) is 37.1 Å². The predicted octanol–water partition coefficient (Wildman–Crippen LogP) is 3.69. The van der Waals surface area contributed by atoms with E-state index in [4.69, 9.17) is 4.74 Å². The quantitative estimate of drug-likeness (QED) is 0.842. The van der Waals surface area contributed by atoms with Gasteiger partial charge in [0.1, 0.15) is 5.82 Å². The molecule has 1 saturated heterocycles. The molecule has 0 bridgehead atoms. The fourth-order valence-electron chi connectivity index (χ4n) is 3.30. The number of benzene rings is 2. The fourth-order valence-corrected chi connectivity index (χ4v) is 3.30. The number of rotatable bonds is 5. The van der Waals surface area contributed by atoms with Gasteiger partial charge in [-0.3, -0.25) is 4.90 Å². The normalized spacial score (nSPS) is 17.9. The first-order valence-corrected chi connectivity index (χ1v) is 8.56. The van der Waals surface area contributed by atoms with Crippen molar-refractivity contribution in [2.45, 2.75) is 25.4 Å². The minimum atomic E-state index is -0.529. The number of nitrogens with zero attached hydrogens (tertiary/aromatic N) is 1. The Morgan fingerprint density at radius 3 is 2.84 bits per heavy atom. The van der Waals surface area contributed by atoms with Crippen LogP contribution < -0.4 is 5.32 Å². The summed E-state index contributed by atoms with van der Waals surface area (Å²) in [5.41, 5.74) is 2.16. The van der Waals surface area contributed by atoms with Gasteiger partial charge in [-0.05, 0) is 43.1 Å². The van der Waals surface area contributed by atoms with Crippen molar-refractivity contribution in [2.75, 3.05) is 25.5 Å². The molecule has 0 aliphatic carbocycles. The second-order valence-corrected chi connectivity index (χ2v) is 6.39. The first kappa shape index (κ1) is 17.4. The van der Waals surface area contributed by atoms with E-state index < -0.39 is 11.8 Å². The molecule has 1 N–H and O–H groups in total. The minimum absolute atomic E-state index is 0.214. The number of ether oxygens (including phenoxy) is 1. The monoisotopic (exact) mass is 342 g/mol. The number of hydrogen-bond acceptors (Lipinski definition) is 4. The van der Waals surface area contributed by atoms with Crippen molar-refractivity contribution >= 4 is 11.7 Å². The maximum Gasteiger partial charge on any atom is 0.340 e. The Morgan fingerprint density at radius 2 is 2.08 bits per heavy atom. The van der Waals surface area contributed by atoms with Gasteiger partial charge in [0.2, 0.25) is 0 Å². The van der Waals surface area contributed by atoms with Crippen molar-refractivity contribution in [3.05, 3.63) is 65.5 Å². The number of nitrogens with one attached hydrogen (secondary N) is 1. The average Bonchev–Trinajstić information content (AvgIpc) is 2.64. The Labute approximate surface area is 147 Å². The van der Waals surface area contributed by atoms with E-state index in [1.807, 2.05) is 6.07 Å². The van der Waals surface area contributed by atoms with Crippen LogP contribution in [-0.2, 0) is 11.3 Å². The average molecular weight is 342 g/mol. The van der Waals surface area contributed by atoms with Gasteiger partial charge in [0.15, 0.2) is 0 Å². The van der Waals surface area contributed by atoms with Crippen molar-refractivity contribution in [3.63, 3.8) is 0 Å². The van der Waals surface area contributed by atoms with E-state index in [1.165, 1.54) is 24.8 Å². The number of piperidine rings is 1. The molecule has 0 amide bonds. The van der Waals surface area contributed by atoms with Crippen LogP contribution in [0.2, 0.25) is 0 Å². The maximum atomic E-state index is 13.5. The van der Waals surface area contributed by atoms with Crippen LogP contribution in [0.5, 0.6) is 0 Å². The second-order valence-electron chi connectivity index (χ2n) is 6.39. The molecule has 1 fully saturated rings. The topological polar surface area (TPSA) is 41.6 Å². The van der Waals surface area contributed by atoms with Crippen LogP contribution in [0.4, 0.5) is 10.1 Å². The molecule has 1 atom stereocenters. The lowest BCUT2D eigenvalue weighted by Crippen LogP contribution is -2.41. The summed E-state index contributed by atoms with van der Waals surface area (Å²) in [4.78, 5) is 14.3. The Hall–Kier alpha value is -2.40. The van der Waals surface area contributed by atoms with Gasteiger partial charge in [-0.25, -0.2) is 9.18 Å². The number of methoxy groups -OCH3 is 1. The third-order valence-electron chi connectivity index (χ3n) is 4.50. The van der Waals surface area contributed by atoms with Crippen molar-refractivity contribution in [2.24, 2.45) is 0 Å². The van der Waals surface area contributed by atoms with E-state index in [2.05, 4.69) is 34.5 Å². The zero-order chi connectivity index (χ0) is 17.6. The number of hydrogen-bond donors (Lipinski definition) is 1. The van der Waals surface area contributed by atoms with Gasteiger partial charge in [0.25, 0.3) is 0 Å². The molecule has 0 radical (unpaired) electrons. The predicted molar refractivity (Wildman–Crippen MR) is 96.1 cm³/mol. The number of carbonyl (C=O) groups excluding carboxylic acids is 1. The van der Waals surface area contributed by atoms with Crippen LogP contribution in [0.15, 0.2) is 48.5 Å². The molecule has 2 aromatic carbocycles. The van der Waals surface area contributed by atoms with Crippen molar-refractivity contribution < 1.29 is 13.9 Å². The highest BCUT2D eigenvalue weighted by Crippen LogP contribution is 2.22. The lowest BCUT2D eigenvalue weighted by atomic mass is 10.0. The molecule has 0 aromatic heterocycles.